The van der Waals surface area contributed by atoms with Gasteiger partial charge in [0, 0.05) is 16.3 Å². The van der Waals surface area contributed by atoms with E-state index in [1.165, 1.54) is 5.56 Å². The van der Waals surface area contributed by atoms with Crippen molar-refractivity contribution in [2.45, 2.75) is 39.2 Å². The number of carbonyl (C=O) groups excluding carboxylic acids is 1. The quantitative estimate of drug-likeness (QED) is 0.779. The Hall–Kier alpha value is -1.84. The smallest absolute Gasteiger partial charge is 0.279 e. The van der Waals surface area contributed by atoms with Crippen LogP contribution in [-0.4, -0.2) is 12.5 Å². The van der Waals surface area contributed by atoms with Gasteiger partial charge in [-0.2, -0.15) is 0 Å². The number of benzene rings is 2. The van der Waals surface area contributed by atoms with Crippen LogP contribution in [0.4, 0.5) is 5.69 Å². The van der Waals surface area contributed by atoms with Crippen LogP contribution in [0.2, 0.25) is 5.02 Å². The van der Waals surface area contributed by atoms with Gasteiger partial charge in [0.2, 0.25) is 0 Å². The van der Waals surface area contributed by atoms with E-state index in [1.54, 1.807) is 0 Å². The lowest BCUT2D eigenvalue weighted by molar-refractivity contribution is -0.682. The van der Waals surface area contributed by atoms with Gasteiger partial charge in [0.1, 0.15) is 6.04 Å². The normalized spacial score (nSPS) is 13.3. The van der Waals surface area contributed by atoms with Gasteiger partial charge in [-0.15, -0.1) is 0 Å². The predicted octanol–water partition coefficient (Wildman–Crippen LogP) is 4.12. The van der Waals surface area contributed by atoms with Crippen molar-refractivity contribution in [2.75, 3.05) is 11.9 Å². The summed E-state index contributed by atoms with van der Waals surface area (Å²) < 4.78 is 0. The van der Waals surface area contributed by atoms with Gasteiger partial charge < -0.3 is 10.6 Å². The van der Waals surface area contributed by atoms with Gasteiger partial charge in [0.05, 0.1) is 0 Å². The van der Waals surface area contributed by atoms with Crippen LogP contribution in [0.25, 0.3) is 0 Å². The standard InChI is InChI=1S/C20H25ClN2O/c1-4-14(2)18-7-5-6-8-19(18)23-20(24)13-22-15(3)16-9-11-17(21)12-10-16/h5-12,14-15,22H,4,13H2,1-3H3,(H,23,24)/p+1/t14-,15+/m1/s1. The zero-order valence-corrected chi connectivity index (χ0v) is 15.3. The molecule has 0 aliphatic heterocycles. The molecule has 0 saturated carbocycles. The van der Waals surface area contributed by atoms with Crippen molar-refractivity contribution in [3.63, 3.8) is 0 Å². The number of nitrogens with one attached hydrogen (secondary N) is 1. The first kappa shape index (κ1) is 18.5. The molecule has 1 amide bonds. The minimum atomic E-state index is 0.0200. The zero-order chi connectivity index (χ0) is 17.5. The second-order valence-corrected chi connectivity index (χ2v) is 6.66. The van der Waals surface area contributed by atoms with E-state index in [2.05, 4.69) is 32.2 Å². The summed E-state index contributed by atoms with van der Waals surface area (Å²) in [6, 6.07) is 16.0. The molecule has 0 radical (unpaired) electrons. The molecule has 0 aromatic heterocycles. The SMILES string of the molecule is CC[C@@H](C)c1ccccc1NC(=O)C[NH2+][C@@H](C)c1ccc(Cl)cc1. The van der Waals surface area contributed by atoms with E-state index in [0.717, 1.165) is 22.7 Å². The molecule has 0 aliphatic carbocycles. The van der Waals surface area contributed by atoms with Gasteiger partial charge in [-0.3, -0.25) is 4.79 Å². The molecule has 128 valence electrons. The molecule has 0 fully saturated rings. The average Bonchev–Trinajstić information content (AvgIpc) is 2.60. The number of hydrogen-bond acceptors (Lipinski definition) is 1. The molecule has 0 spiro atoms. The van der Waals surface area contributed by atoms with Crippen LogP contribution in [0.3, 0.4) is 0 Å². The van der Waals surface area contributed by atoms with E-state index in [9.17, 15) is 4.79 Å². The summed E-state index contributed by atoms with van der Waals surface area (Å²) in [6.07, 6.45) is 1.05. The lowest BCUT2D eigenvalue weighted by atomic mass is 9.97. The first-order valence-corrected chi connectivity index (χ1v) is 8.86. The molecular weight excluding hydrogens is 320 g/mol. The fourth-order valence-electron chi connectivity index (χ4n) is 2.65. The van der Waals surface area contributed by atoms with Gasteiger partial charge in [0.15, 0.2) is 6.54 Å². The first-order valence-electron chi connectivity index (χ1n) is 8.48. The van der Waals surface area contributed by atoms with Crippen molar-refractivity contribution < 1.29 is 10.1 Å². The molecule has 2 aromatic carbocycles. The molecule has 0 heterocycles. The first-order chi connectivity index (χ1) is 11.5. The minimum absolute atomic E-state index is 0.0200. The van der Waals surface area contributed by atoms with Crippen LogP contribution in [0.15, 0.2) is 48.5 Å². The summed E-state index contributed by atoms with van der Waals surface area (Å²) in [5, 5.41) is 5.81. The summed E-state index contributed by atoms with van der Waals surface area (Å²) in [6.45, 7) is 6.81. The molecule has 0 aliphatic rings. The number of amides is 1. The van der Waals surface area contributed by atoms with Crippen LogP contribution in [-0.2, 0) is 4.79 Å². The molecular formula is C20H26ClN2O+. The van der Waals surface area contributed by atoms with E-state index in [4.69, 9.17) is 11.6 Å². The zero-order valence-electron chi connectivity index (χ0n) is 14.6. The summed E-state index contributed by atoms with van der Waals surface area (Å²) in [7, 11) is 0. The van der Waals surface area contributed by atoms with Crippen molar-refractivity contribution >= 4 is 23.2 Å². The van der Waals surface area contributed by atoms with Gasteiger partial charge >= 0.3 is 0 Å². The monoisotopic (exact) mass is 345 g/mol. The van der Waals surface area contributed by atoms with Crippen molar-refractivity contribution in [1.82, 2.24) is 0 Å². The number of hydrogen-bond donors (Lipinski definition) is 2. The molecule has 0 bridgehead atoms. The van der Waals surface area contributed by atoms with E-state index < -0.39 is 0 Å². The van der Waals surface area contributed by atoms with E-state index >= 15 is 0 Å². The van der Waals surface area contributed by atoms with Gasteiger partial charge in [-0.1, -0.05) is 55.8 Å². The second-order valence-electron chi connectivity index (χ2n) is 6.22. The molecule has 24 heavy (non-hydrogen) atoms. The van der Waals surface area contributed by atoms with Crippen LogP contribution < -0.4 is 10.6 Å². The number of rotatable bonds is 7. The van der Waals surface area contributed by atoms with Crippen LogP contribution in [0.1, 0.15) is 50.3 Å². The number of quaternary nitrogens is 1. The Balaban J connectivity index is 1.93. The molecule has 0 saturated heterocycles. The third kappa shape index (κ3) is 5.08. The van der Waals surface area contributed by atoms with Crippen LogP contribution in [0.5, 0.6) is 0 Å². The second kappa shape index (κ2) is 8.86. The molecule has 2 aromatic rings. The third-order valence-electron chi connectivity index (χ3n) is 4.43. The Morgan fingerprint density at radius 3 is 2.46 bits per heavy atom. The molecule has 4 heteroatoms. The molecule has 3 N–H and O–H groups in total. The molecule has 0 unspecified atom stereocenters. The van der Waals surface area contributed by atoms with E-state index in [0.29, 0.717) is 12.5 Å². The fourth-order valence-corrected chi connectivity index (χ4v) is 2.77. The Bertz CT molecular complexity index is 670. The summed E-state index contributed by atoms with van der Waals surface area (Å²) >= 11 is 5.91. The lowest BCUT2D eigenvalue weighted by Gasteiger charge is -2.16. The van der Waals surface area contributed by atoms with Crippen molar-refractivity contribution in [2.24, 2.45) is 0 Å². The highest BCUT2D eigenvalue weighted by molar-refractivity contribution is 6.30. The highest BCUT2D eigenvalue weighted by atomic mass is 35.5. The summed E-state index contributed by atoms with van der Waals surface area (Å²) in [5.41, 5.74) is 3.27. The minimum Gasteiger partial charge on any atom is -0.333 e. The third-order valence-corrected chi connectivity index (χ3v) is 4.68. The maximum absolute atomic E-state index is 12.3. The van der Waals surface area contributed by atoms with Crippen LogP contribution >= 0.6 is 11.6 Å². The highest BCUT2D eigenvalue weighted by Crippen LogP contribution is 2.26. The lowest BCUT2D eigenvalue weighted by Crippen LogP contribution is -2.86. The number of halogens is 1. The largest absolute Gasteiger partial charge is 0.333 e. The summed E-state index contributed by atoms with van der Waals surface area (Å²) in [5.74, 6) is 0.449. The summed E-state index contributed by atoms with van der Waals surface area (Å²) in [4.78, 5) is 12.3. The Kier molecular flexibility index (Phi) is 6.83. The number of nitrogens with two attached hydrogens (primary N) is 1. The maximum atomic E-state index is 12.3. The fraction of sp³-hybridized carbons (Fsp3) is 0.350. The van der Waals surface area contributed by atoms with Gasteiger partial charge in [0.25, 0.3) is 5.91 Å². The number of carbonyl (C=O) groups is 1. The van der Waals surface area contributed by atoms with Crippen molar-refractivity contribution in [3.05, 3.63) is 64.7 Å². The average molecular weight is 346 g/mol. The van der Waals surface area contributed by atoms with Crippen molar-refractivity contribution in [3.8, 4) is 0 Å². The molecule has 2 atom stereocenters. The molecule has 3 nitrogen and oxygen atoms in total. The van der Waals surface area contributed by atoms with Gasteiger partial charge in [-0.25, -0.2) is 0 Å². The topological polar surface area (TPSA) is 45.7 Å². The predicted molar refractivity (Wildman–Crippen MR) is 100 cm³/mol. The Morgan fingerprint density at radius 2 is 1.79 bits per heavy atom. The van der Waals surface area contributed by atoms with E-state index in [-0.39, 0.29) is 11.9 Å². The Morgan fingerprint density at radius 1 is 1.12 bits per heavy atom. The number of anilines is 1. The van der Waals surface area contributed by atoms with E-state index in [1.807, 2.05) is 47.8 Å². The number of para-hydroxylation sites is 1. The van der Waals surface area contributed by atoms with Crippen molar-refractivity contribution in [1.29, 1.82) is 0 Å². The Labute approximate surface area is 149 Å². The molecule has 2 rings (SSSR count). The maximum Gasteiger partial charge on any atom is 0.279 e. The highest BCUT2D eigenvalue weighted by Gasteiger charge is 2.14. The van der Waals surface area contributed by atoms with Crippen LogP contribution in [0, 0.1) is 0 Å². The van der Waals surface area contributed by atoms with Gasteiger partial charge in [-0.05, 0) is 43.0 Å².